The van der Waals surface area contributed by atoms with E-state index >= 15 is 0 Å². The first-order chi connectivity index (χ1) is 18.3. The molecule has 8 rings (SSSR count). The number of pyridine rings is 2. The monoisotopic (exact) mass is 471 g/mol. The zero-order chi connectivity index (χ0) is 24.3. The summed E-state index contributed by atoms with van der Waals surface area (Å²) in [4.78, 5) is 10.0. The van der Waals surface area contributed by atoms with Gasteiger partial charge in [-0.3, -0.25) is 4.57 Å². The standard InChI is InChI=1S/C34H21N3/c1-4-10-26-22(7-1)14-19-32-34(26)27-21-25(30-17-13-23-8-2-5-11-28(23)35-30)15-18-31(27)37(32)33-20-16-24-9-3-6-12-29(24)36-33/h1-21H. The maximum Gasteiger partial charge on any atom is 0.138 e. The van der Waals surface area contributed by atoms with Crippen molar-refractivity contribution < 1.29 is 0 Å². The lowest BCUT2D eigenvalue weighted by Gasteiger charge is -2.09. The van der Waals surface area contributed by atoms with Gasteiger partial charge in [-0.15, -0.1) is 0 Å². The topological polar surface area (TPSA) is 30.7 Å². The van der Waals surface area contributed by atoms with Crippen molar-refractivity contribution in [3.63, 3.8) is 0 Å². The first-order valence-corrected chi connectivity index (χ1v) is 12.5. The summed E-state index contributed by atoms with van der Waals surface area (Å²) in [5.41, 5.74) is 6.38. The van der Waals surface area contributed by atoms with E-state index in [9.17, 15) is 0 Å². The van der Waals surface area contributed by atoms with E-state index in [1.54, 1.807) is 0 Å². The molecule has 0 atom stereocenters. The maximum absolute atomic E-state index is 5.06. The number of fused-ring (bicyclic) bond motifs is 7. The molecule has 3 heterocycles. The third-order valence-corrected chi connectivity index (χ3v) is 7.36. The number of aromatic nitrogens is 3. The van der Waals surface area contributed by atoms with E-state index in [2.05, 4.69) is 120 Å². The molecule has 0 radical (unpaired) electrons. The third-order valence-electron chi connectivity index (χ3n) is 7.36. The molecule has 0 amide bonds. The van der Waals surface area contributed by atoms with Crippen LogP contribution < -0.4 is 0 Å². The number of nitrogens with zero attached hydrogens (tertiary/aromatic N) is 3. The predicted octanol–water partition coefficient (Wildman–Crippen LogP) is 8.70. The Labute approximate surface area is 213 Å². The molecule has 3 nitrogen and oxygen atoms in total. The van der Waals surface area contributed by atoms with Crippen LogP contribution in [0.15, 0.2) is 127 Å². The van der Waals surface area contributed by atoms with Gasteiger partial charge in [-0.1, -0.05) is 78.9 Å². The largest absolute Gasteiger partial charge is 0.294 e. The highest BCUT2D eigenvalue weighted by molar-refractivity contribution is 6.21. The highest BCUT2D eigenvalue weighted by atomic mass is 15.1. The second-order valence-electron chi connectivity index (χ2n) is 9.50. The van der Waals surface area contributed by atoms with Crippen molar-refractivity contribution in [1.82, 2.24) is 14.5 Å². The van der Waals surface area contributed by atoms with Crippen molar-refractivity contribution >= 4 is 54.4 Å². The molecule has 5 aromatic carbocycles. The number of hydrogen-bond acceptors (Lipinski definition) is 2. The lowest BCUT2D eigenvalue weighted by molar-refractivity contribution is 1.10. The summed E-state index contributed by atoms with van der Waals surface area (Å²) in [6.07, 6.45) is 0. The van der Waals surface area contributed by atoms with Gasteiger partial charge in [-0.05, 0) is 59.3 Å². The minimum absolute atomic E-state index is 0.922. The van der Waals surface area contributed by atoms with Crippen molar-refractivity contribution in [2.75, 3.05) is 0 Å². The van der Waals surface area contributed by atoms with Crippen LogP contribution in [-0.4, -0.2) is 14.5 Å². The van der Waals surface area contributed by atoms with E-state index < -0.39 is 0 Å². The zero-order valence-electron chi connectivity index (χ0n) is 20.0. The van der Waals surface area contributed by atoms with Crippen molar-refractivity contribution in [2.24, 2.45) is 0 Å². The maximum atomic E-state index is 5.06. The summed E-state index contributed by atoms with van der Waals surface area (Å²) in [6, 6.07) is 44.8. The SMILES string of the molecule is c1ccc2nc(-c3ccc4c(c3)c3c5ccccc5ccc3n4-c3ccc4ccccc4n3)ccc2c1. The predicted molar refractivity (Wildman–Crippen MR) is 154 cm³/mol. The second kappa shape index (κ2) is 7.74. The molecule has 0 saturated carbocycles. The van der Waals surface area contributed by atoms with Gasteiger partial charge in [0.2, 0.25) is 0 Å². The molecule has 0 aliphatic rings. The van der Waals surface area contributed by atoms with E-state index in [0.717, 1.165) is 49.9 Å². The van der Waals surface area contributed by atoms with Crippen LogP contribution in [0.1, 0.15) is 0 Å². The van der Waals surface area contributed by atoms with Crippen LogP contribution in [0.2, 0.25) is 0 Å². The van der Waals surface area contributed by atoms with Crippen LogP contribution in [0, 0.1) is 0 Å². The Morgan fingerprint density at radius 2 is 1.11 bits per heavy atom. The fourth-order valence-electron chi connectivity index (χ4n) is 5.60. The average Bonchev–Trinajstić information content (AvgIpc) is 3.31. The van der Waals surface area contributed by atoms with Gasteiger partial charge in [0.1, 0.15) is 5.82 Å². The van der Waals surface area contributed by atoms with E-state index in [-0.39, 0.29) is 0 Å². The summed E-state index contributed by atoms with van der Waals surface area (Å²) in [5.74, 6) is 0.922. The molecule has 0 unspecified atom stereocenters. The van der Waals surface area contributed by atoms with Crippen LogP contribution in [0.3, 0.4) is 0 Å². The van der Waals surface area contributed by atoms with Crippen molar-refractivity contribution in [2.45, 2.75) is 0 Å². The van der Waals surface area contributed by atoms with Gasteiger partial charge < -0.3 is 0 Å². The molecule has 0 saturated heterocycles. The van der Waals surface area contributed by atoms with Crippen LogP contribution in [0.4, 0.5) is 0 Å². The average molecular weight is 472 g/mol. The van der Waals surface area contributed by atoms with E-state index in [4.69, 9.17) is 9.97 Å². The normalized spacial score (nSPS) is 11.8. The van der Waals surface area contributed by atoms with Gasteiger partial charge in [-0.25, -0.2) is 9.97 Å². The summed E-state index contributed by atoms with van der Waals surface area (Å²) in [5, 5.41) is 7.21. The number of rotatable bonds is 2. The highest BCUT2D eigenvalue weighted by Crippen LogP contribution is 2.38. The Hall–Kier alpha value is -5.02. The zero-order valence-corrected chi connectivity index (χ0v) is 20.0. The molecule has 172 valence electrons. The molecule has 0 N–H and O–H groups in total. The molecule has 0 fully saturated rings. The van der Waals surface area contributed by atoms with Crippen LogP contribution >= 0.6 is 0 Å². The Morgan fingerprint density at radius 1 is 0.459 bits per heavy atom. The van der Waals surface area contributed by atoms with Crippen molar-refractivity contribution in [1.29, 1.82) is 0 Å². The van der Waals surface area contributed by atoms with Gasteiger partial charge in [0.15, 0.2) is 0 Å². The molecule has 37 heavy (non-hydrogen) atoms. The van der Waals surface area contributed by atoms with E-state index in [1.165, 1.54) is 21.5 Å². The second-order valence-corrected chi connectivity index (χ2v) is 9.50. The molecule has 0 aliphatic heterocycles. The number of benzene rings is 5. The molecule has 0 bridgehead atoms. The van der Waals surface area contributed by atoms with Crippen LogP contribution in [-0.2, 0) is 0 Å². The fourth-order valence-corrected chi connectivity index (χ4v) is 5.60. The van der Waals surface area contributed by atoms with Gasteiger partial charge in [0.25, 0.3) is 0 Å². The Morgan fingerprint density at radius 3 is 1.95 bits per heavy atom. The van der Waals surface area contributed by atoms with Gasteiger partial charge in [-0.2, -0.15) is 0 Å². The molecule has 3 heteroatoms. The minimum Gasteiger partial charge on any atom is -0.294 e. The summed E-state index contributed by atoms with van der Waals surface area (Å²) >= 11 is 0. The van der Waals surface area contributed by atoms with E-state index in [0.29, 0.717) is 0 Å². The highest BCUT2D eigenvalue weighted by Gasteiger charge is 2.17. The number of para-hydroxylation sites is 2. The first kappa shape index (κ1) is 20.2. The quantitative estimate of drug-likeness (QED) is 0.252. The molecular formula is C34H21N3. The molecular weight excluding hydrogens is 450 g/mol. The lowest BCUT2D eigenvalue weighted by Crippen LogP contribution is -1.97. The molecule has 0 aliphatic carbocycles. The lowest BCUT2D eigenvalue weighted by atomic mass is 10.0. The molecule has 0 spiro atoms. The van der Waals surface area contributed by atoms with Crippen LogP contribution in [0.25, 0.3) is 71.5 Å². The summed E-state index contributed by atoms with van der Waals surface area (Å²) in [7, 11) is 0. The first-order valence-electron chi connectivity index (χ1n) is 12.5. The number of hydrogen-bond donors (Lipinski definition) is 0. The van der Waals surface area contributed by atoms with Crippen molar-refractivity contribution in [3.05, 3.63) is 127 Å². The molecule has 3 aromatic heterocycles. The van der Waals surface area contributed by atoms with Crippen LogP contribution in [0.5, 0.6) is 0 Å². The van der Waals surface area contributed by atoms with Crippen molar-refractivity contribution in [3.8, 4) is 17.1 Å². The van der Waals surface area contributed by atoms with E-state index in [1.807, 2.05) is 12.1 Å². The smallest absolute Gasteiger partial charge is 0.138 e. The Balaban J connectivity index is 1.46. The molecule has 8 aromatic rings. The summed E-state index contributed by atoms with van der Waals surface area (Å²) < 4.78 is 2.29. The fraction of sp³-hybridized carbons (Fsp3) is 0. The van der Waals surface area contributed by atoms with Gasteiger partial charge in [0.05, 0.1) is 27.8 Å². The Kier molecular flexibility index (Phi) is 4.23. The summed E-state index contributed by atoms with van der Waals surface area (Å²) in [6.45, 7) is 0. The van der Waals surface area contributed by atoms with Gasteiger partial charge in [0, 0.05) is 27.1 Å². The third kappa shape index (κ3) is 3.08. The Bertz CT molecular complexity index is 2150. The minimum atomic E-state index is 0.922. The van der Waals surface area contributed by atoms with Gasteiger partial charge >= 0.3 is 0 Å².